The summed E-state index contributed by atoms with van der Waals surface area (Å²) in [4.78, 5) is 12.9. The van der Waals surface area contributed by atoms with Crippen LogP contribution in [-0.2, 0) is 4.74 Å². The van der Waals surface area contributed by atoms with Crippen LogP contribution in [-0.4, -0.2) is 59.8 Å². The van der Waals surface area contributed by atoms with Crippen molar-refractivity contribution in [1.29, 1.82) is 0 Å². The van der Waals surface area contributed by atoms with Gasteiger partial charge in [-0.1, -0.05) is 23.7 Å². The fraction of sp³-hybridized carbons (Fsp3) is 0.312. The second kappa shape index (κ2) is 6.45. The van der Waals surface area contributed by atoms with Crippen LogP contribution in [0.3, 0.4) is 0 Å². The number of anilines is 1. The second-order valence-electron chi connectivity index (χ2n) is 5.97. The van der Waals surface area contributed by atoms with E-state index in [1.165, 1.54) is 10.9 Å². The summed E-state index contributed by atoms with van der Waals surface area (Å²) >= 11 is 6.21. The Morgan fingerprint density at radius 1 is 1.19 bits per heavy atom. The van der Waals surface area contributed by atoms with Crippen LogP contribution in [0.25, 0.3) is 22.6 Å². The minimum atomic E-state index is -1.26. The van der Waals surface area contributed by atoms with E-state index in [9.17, 15) is 15.3 Å². The highest BCUT2D eigenvalue weighted by atomic mass is 35.5. The number of imidazole rings is 1. The third kappa shape index (κ3) is 2.61. The average Bonchev–Trinajstić information content (AvgIpc) is 3.17. The Morgan fingerprint density at radius 2 is 1.96 bits per heavy atom. The summed E-state index contributed by atoms with van der Waals surface area (Å²) in [5, 5.41) is 30.0. The molecule has 3 heterocycles. The molecule has 0 spiro atoms. The van der Waals surface area contributed by atoms with Crippen LogP contribution in [0.1, 0.15) is 6.23 Å². The van der Waals surface area contributed by atoms with E-state index in [2.05, 4.69) is 15.0 Å². The molecule has 4 rings (SSSR count). The predicted octanol–water partition coefficient (Wildman–Crippen LogP) is 0.340. The molecule has 1 aromatic carbocycles. The van der Waals surface area contributed by atoms with Crippen molar-refractivity contribution in [1.82, 2.24) is 19.5 Å². The normalized spacial score (nSPS) is 25.8. The van der Waals surface area contributed by atoms with Gasteiger partial charge in [0.1, 0.15) is 23.8 Å². The monoisotopic (exact) mass is 377 g/mol. The first-order valence-electron chi connectivity index (χ1n) is 7.88. The molecule has 1 fully saturated rings. The van der Waals surface area contributed by atoms with Gasteiger partial charge in [-0.05, 0) is 12.1 Å². The lowest BCUT2D eigenvalue weighted by Crippen LogP contribution is -2.33. The van der Waals surface area contributed by atoms with Gasteiger partial charge in [-0.25, -0.2) is 15.0 Å². The summed E-state index contributed by atoms with van der Waals surface area (Å²) in [6.07, 6.45) is -2.98. The first kappa shape index (κ1) is 17.1. The van der Waals surface area contributed by atoms with Crippen LogP contribution in [0, 0.1) is 0 Å². The first-order valence-corrected chi connectivity index (χ1v) is 8.26. The van der Waals surface area contributed by atoms with Crippen molar-refractivity contribution >= 4 is 28.6 Å². The van der Waals surface area contributed by atoms with E-state index in [1.54, 1.807) is 24.3 Å². The van der Waals surface area contributed by atoms with E-state index < -0.39 is 31.1 Å². The summed E-state index contributed by atoms with van der Waals surface area (Å²) in [7, 11) is 0. The van der Waals surface area contributed by atoms with E-state index in [0.29, 0.717) is 27.6 Å². The van der Waals surface area contributed by atoms with Crippen LogP contribution >= 0.6 is 11.6 Å². The van der Waals surface area contributed by atoms with Crippen molar-refractivity contribution in [2.24, 2.45) is 0 Å². The third-order valence-corrected chi connectivity index (χ3v) is 4.68. The lowest BCUT2D eigenvalue weighted by molar-refractivity contribution is -0.0511. The minimum Gasteiger partial charge on any atom is -0.394 e. The van der Waals surface area contributed by atoms with Crippen LogP contribution in [0.5, 0.6) is 0 Å². The molecular weight excluding hydrogens is 362 g/mol. The maximum Gasteiger partial charge on any atom is 0.168 e. The number of nitrogen functional groups attached to an aromatic ring is 1. The van der Waals surface area contributed by atoms with Gasteiger partial charge in [0.15, 0.2) is 23.5 Å². The van der Waals surface area contributed by atoms with E-state index in [0.717, 1.165) is 0 Å². The summed E-state index contributed by atoms with van der Waals surface area (Å²) in [6, 6.07) is 7.06. The molecule has 5 N–H and O–H groups in total. The van der Waals surface area contributed by atoms with Crippen molar-refractivity contribution in [2.45, 2.75) is 24.5 Å². The van der Waals surface area contributed by atoms with Gasteiger partial charge >= 0.3 is 0 Å². The standard InChI is InChI=1S/C16H16ClN5O4/c17-8-4-2-1-3-7(8)14-20-13(18)10-15(21-14)22(6-19-10)16-12(25)11(24)9(5-23)26-16/h1-4,6,9,11-12,16,23-25H,5H2,(H2,18,20,21)/t9-,11-,12-,16-/m1/s1. The van der Waals surface area contributed by atoms with E-state index in [4.69, 9.17) is 22.1 Å². The van der Waals surface area contributed by atoms with Crippen LogP contribution in [0.4, 0.5) is 5.82 Å². The minimum absolute atomic E-state index is 0.149. The lowest BCUT2D eigenvalue weighted by atomic mass is 10.1. The van der Waals surface area contributed by atoms with Crippen LogP contribution < -0.4 is 5.73 Å². The van der Waals surface area contributed by atoms with Gasteiger partial charge in [-0.15, -0.1) is 0 Å². The highest BCUT2D eigenvalue weighted by molar-refractivity contribution is 6.33. The smallest absolute Gasteiger partial charge is 0.168 e. The third-order valence-electron chi connectivity index (χ3n) is 4.35. The molecule has 1 aliphatic heterocycles. The van der Waals surface area contributed by atoms with Gasteiger partial charge in [0.25, 0.3) is 0 Å². The number of rotatable bonds is 3. The zero-order chi connectivity index (χ0) is 18.4. The maximum absolute atomic E-state index is 10.3. The summed E-state index contributed by atoms with van der Waals surface area (Å²) in [6.45, 7) is -0.427. The Balaban J connectivity index is 1.84. The fourth-order valence-corrected chi connectivity index (χ4v) is 3.22. The Hall–Kier alpha value is -2.30. The number of hydrogen-bond acceptors (Lipinski definition) is 8. The Kier molecular flexibility index (Phi) is 4.25. The van der Waals surface area contributed by atoms with Gasteiger partial charge < -0.3 is 25.8 Å². The molecule has 0 aliphatic carbocycles. The van der Waals surface area contributed by atoms with Gasteiger partial charge in [0.05, 0.1) is 18.0 Å². The highest BCUT2D eigenvalue weighted by Crippen LogP contribution is 2.33. The summed E-state index contributed by atoms with van der Waals surface area (Å²) in [5.74, 6) is 0.449. The molecule has 136 valence electrons. The topological polar surface area (TPSA) is 140 Å². The second-order valence-corrected chi connectivity index (χ2v) is 6.37. The number of fused-ring (bicyclic) bond motifs is 1. The molecule has 9 nitrogen and oxygen atoms in total. The fourth-order valence-electron chi connectivity index (χ4n) is 3.00. The summed E-state index contributed by atoms with van der Waals surface area (Å²) in [5.41, 5.74) is 7.26. The van der Waals surface area contributed by atoms with Crippen LogP contribution in [0.15, 0.2) is 30.6 Å². The number of halogens is 1. The average molecular weight is 378 g/mol. The number of nitrogens with zero attached hydrogens (tertiary/aromatic N) is 4. The van der Waals surface area contributed by atoms with Gasteiger partial charge in [0, 0.05) is 5.56 Å². The van der Waals surface area contributed by atoms with E-state index in [-0.39, 0.29) is 5.82 Å². The number of aromatic nitrogens is 4. The van der Waals surface area contributed by atoms with Gasteiger partial charge in [-0.3, -0.25) is 4.57 Å². The first-order chi connectivity index (χ1) is 12.5. The van der Waals surface area contributed by atoms with Gasteiger partial charge in [0.2, 0.25) is 0 Å². The number of benzene rings is 1. The Bertz CT molecular complexity index is 965. The SMILES string of the molecule is Nc1nc(-c2ccccc2Cl)nc2c1ncn2[C@@H]1O[C@H](CO)[C@@H](O)[C@H]1O. The number of aliphatic hydroxyl groups excluding tert-OH is 3. The molecule has 0 bridgehead atoms. The highest BCUT2D eigenvalue weighted by Gasteiger charge is 2.44. The molecule has 1 saturated heterocycles. The molecule has 1 aliphatic rings. The maximum atomic E-state index is 10.3. The molecular formula is C16H16ClN5O4. The van der Waals surface area contributed by atoms with Crippen molar-refractivity contribution in [3.05, 3.63) is 35.6 Å². The predicted molar refractivity (Wildman–Crippen MR) is 93.2 cm³/mol. The number of aliphatic hydroxyl groups is 3. The molecule has 10 heteroatoms. The van der Waals surface area contributed by atoms with Crippen molar-refractivity contribution in [3.8, 4) is 11.4 Å². The Morgan fingerprint density at radius 3 is 2.65 bits per heavy atom. The van der Waals surface area contributed by atoms with Crippen LogP contribution in [0.2, 0.25) is 5.02 Å². The largest absolute Gasteiger partial charge is 0.394 e. The Labute approximate surface area is 152 Å². The molecule has 2 aromatic heterocycles. The molecule has 0 unspecified atom stereocenters. The van der Waals surface area contributed by atoms with Crippen molar-refractivity contribution < 1.29 is 20.1 Å². The summed E-state index contributed by atoms with van der Waals surface area (Å²) < 4.78 is 7.00. The number of nitrogens with two attached hydrogens (primary N) is 1. The number of ether oxygens (including phenoxy) is 1. The molecule has 26 heavy (non-hydrogen) atoms. The zero-order valence-electron chi connectivity index (χ0n) is 13.4. The quantitative estimate of drug-likeness (QED) is 0.512. The molecule has 0 saturated carbocycles. The van der Waals surface area contributed by atoms with Crippen molar-refractivity contribution in [2.75, 3.05) is 12.3 Å². The van der Waals surface area contributed by atoms with E-state index >= 15 is 0 Å². The number of hydrogen-bond donors (Lipinski definition) is 4. The molecule has 0 amide bonds. The van der Waals surface area contributed by atoms with Gasteiger partial charge in [-0.2, -0.15) is 0 Å². The molecule has 4 atom stereocenters. The molecule has 3 aromatic rings. The molecule has 0 radical (unpaired) electrons. The van der Waals surface area contributed by atoms with E-state index in [1.807, 2.05) is 0 Å². The lowest BCUT2D eigenvalue weighted by Gasteiger charge is -2.16. The zero-order valence-corrected chi connectivity index (χ0v) is 14.2. The van der Waals surface area contributed by atoms with Crippen molar-refractivity contribution in [3.63, 3.8) is 0 Å².